The first-order chi connectivity index (χ1) is 10.1. The second-order valence-electron chi connectivity index (χ2n) is 4.69. The summed E-state index contributed by atoms with van der Waals surface area (Å²) in [6.07, 6.45) is 1.82. The number of nitrogens with one attached hydrogen (secondary N) is 1. The largest absolute Gasteiger partial charge is 0.493 e. The Morgan fingerprint density at radius 3 is 2.62 bits per heavy atom. The molecule has 0 saturated carbocycles. The van der Waals surface area contributed by atoms with E-state index >= 15 is 0 Å². The van der Waals surface area contributed by atoms with Crippen LogP contribution in [0.5, 0.6) is 11.5 Å². The van der Waals surface area contributed by atoms with Gasteiger partial charge in [-0.3, -0.25) is 4.57 Å². The van der Waals surface area contributed by atoms with E-state index < -0.39 is 0 Å². The number of ether oxygens (including phenoxy) is 2. The van der Waals surface area contributed by atoms with E-state index in [-0.39, 0.29) is 0 Å². The minimum Gasteiger partial charge on any atom is -0.493 e. The molecule has 2 aromatic heterocycles. The zero-order chi connectivity index (χ0) is 15.0. The lowest BCUT2D eigenvalue weighted by molar-refractivity contribution is 0.355. The molecular formula is C15H15N3O2S. The van der Waals surface area contributed by atoms with E-state index in [0.29, 0.717) is 16.3 Å². The number of hydrogen-bond acceptors (Lipinski definition) is 4. The van der Waals surface area contributed by atoms with Crippen LogP contribution in [0.15, 0.2) is 30.5 Å². The lowest BCUT2D eigenvalue weighted by atomic mass is 10.2. The normalized spacial score (nSPS) is 10.8. The topological polar surface area (TPSA) is 52.1 Å². The van der Waals surface area contributed by atoms with Gasteiger partial charge >= 0.3 is 0 Å². The van der Waals surface area contributed by atoms with Gasteiger partial charge in [0.25, 0.3) is 0 Å². The Labute approximate surface area is 127 Å². The van der Waals surface area contributed by atoms with Crippen molar-refractivity contribution >= 4 is 23.4 Å². The summed E-state index contributed by atoms with van der Waals surface area (Å²) < 4.78 is 13.1. The van der Waals surface area contributed by atoms with Crippen LogP contribution in [0.2, 0.25) is 0 Å². The van der Waals surface area contributed by atoms with Crippen LogP contribution >= 0.6 is 12.2 Å². The number of methoxy groups -OCH3 is 2. The van der Waals surface area contributed by atoms with Gasteiger partial charge in [0.15, 0.2) is 21.9 Å². The fraction of sp³-hybridized carbons (Fsp3) is 0.200. The standard InChI is InChI=1S/C15H15N3O2S/c1-9-6-11-14(16-8-9)18(15(21)17-11)10-4-5-12(19-2)13(7-10)20-3/h4-8H,1-3H3,(H,17,21). The van der Waals surface area contributed by atoms with Crippen molar-refractivity contribution in [3.8, 4) is 17.2 Å². The van der Waals surface area contributed by atoms with Crippen LogP contribution in [0.1, 0.15) is 5.56 Å². The van der Waals surface area contributed by atoms with Crippen molar-refractivity contribution in [1.82, 2.24) is 14.5 Å². The minimum atomic E-state index is 0.593. The molecule has 108 valence electrons. The third kappa shape index (κ3) is 2.27. The summed E-state index contributed by atoms with van der Waals surface area (Å²) in [6.45, 7) is 2.00. The fourth-order valence-electron chi connectivity index (χ4n) is 2.30. The third-order valence-corrected chi connectivity index (χ3v) is 3.57. The van der Waals surface area contributed by atoms with Gasteiger partial charge in [-0.15, -0.1) is 0 Å². The van der Waals surface area contributed by atoms with Gasteiger partial charge in [0.1, 0.15) is 0 Å². The number of fused-ring (bicyclic) bond motifs is 1. The van der Waals surface area contributed by atoms with E-state index in [1.807, 2.05) is 42.0 Å². The van der Waals surface area contributed by atoms with Crippen LogP contribution in [0.4, 0.5) is 0 Å². The maximum absolute atomic E-state index is 5.41. The predicted molar refractivity (Wildman–Crippen MR) is 84.1 cm³/mol. The molecule has 6 heteroatoms. The predicted octanol–water partition coefficient (Wildman–Crippen LogP) is 3.41. The van der Waals surface area contributed by atoms with E-state index in [9.17, 15) is 0 Å². The second kappa shape index (κ2) is 5.21. The van der Waals surface area contributed by atoms with Gasteiger partial charge in [0.2, 0.25) is 0 Å². The maximum atomic E-state index is 5.41. The average molecular weight is 301 g/mol. The first-order valence-electron chi connectivity index (χ1n) is 6.44. The van der Waals surface area contributed by atoms with Crippen molar-refractivity contribution in [1.29, 1.82) is 0 Å². The first-order valence-corrected chi connectivity index (χ1v) is 6.84. The summed E-state index contributed by atoms with van der Waals surface area (Å²) in [5.74, 6) is 1.33. The minimum absolute atomic E-state index is 0.593. The Hall–Kier alpha value is -2.34. The van der Waals surface area contributed by atoms with Gasteiger partial charge in [0, 0.05) is 12.3 Å². The molecule has 0 unspecified atom stereocenters. The Kier molecular flexibility index (Phi) is 3.39. The van der Waals surface area contributed by atoms with Gasteiger partial charge in [-0.2, -0.15) is 0 Å². The zero-order valence-electron chi connectivity index (χ0n) is 12.0. The highest BCUT2D eigenvalue weighted by Crippen LogP contribution is 2.30. The number of imidazole rings is 1. The van der Waals surface area contributed by atoms with Gasteiger partial charge in [-0.25, -0.2) is 4.98 Å². The van der Waals surface area contributed by atoms with E-state index in [1.54, 1.807) is 14.2 Å². The molecule has 0 radical (unpaired) electrons. The molecule has 3 rings (SSSR count). The van der Waals surface area contributed by atoms with Gasteiger partial charge in [-0.1, -0.05) is 0 Å². The number of hydrogen-bond donors (Lipinski definition) is 1. The summed E-state index contributed by atoms with van der Waals surface area (Å²) in [5.41, 5.74) is 3.66. The number of benzene rings is 1. The highest BCUT2D eigenvalue weighted by Gasteiger charge is 2.11. The molecule has 0 spiro atoms. The van der Waals surface area contributed by atoms with Crippen LogP contribution in [-0.2, 0) is 0 Å². The van der Waals surface area contributed by atoms with Crippen molar-refractivity contribution in [2.24, 2.45) is 0 Å². The highest BCUT2D eigenvalue weighted by molar-refractivity contribution is 7.71. The molecule has 0 fully saturated rings. The Morgan fingerprint density at radius 1 is 1.14 bits per heavy atom. The molecule has 0 aliphatic rings. The van der Waals surface area contributed by atoms with E-state index in [1.165, 1.54) is 0 Å². The van der Waals surface area contributed by atoms with Crippen molar-refractivity contribution in [3.05, 3.63) is 40.8 Å². The summed E-state index contributed by atoms with van der Waals surface area (Å²) in [6, 6.07) is 7.67. The summed E-state index contributed by atoms with van der Waals surface area (Å²) in [5, 5.41) is 0. The number of nitrogens with zero attached hydrogens (tertiary/aromatic N) is 2. The van der Waals surface area contributed by atoms with E-state index in [4.69, 9.17) is 21.7 Å². The monoisotopic (exact) mass is 301 g/mol. The molecule has 2 heterocycles. The third-order valence-electron chi connectivity index (χ3n) is 3.29. The lowest BCUT2D eigenvalue weighted by Crippen LogP contribution is -1.98. The molecule has 0 aliphatic carbocycles. The van der Waals surface area contributed by atoms with Gasteiger partial charge in [0.05, 0.1) is 25.4 Å². The number of pyridine rings is 1. The van der Waals surface area contributed by atoms with Crippen molar-refractivity contribution in [2.75, 3.05) is 14.2 Å². The highest BCUT2D eigenvalue weighted by atomic mass is 32.1. The molecule has 0 aliphatic heterocycles. The van der Waals surface area contributed by atoms with Crippen LogP contribution < -0.4 is 9.47 Å². The molecule has 3 aromatic rings. The van der Waals surface area contributed by atoms with Crippen LogP contribution in [-0.4, -0.2) is 28.8 Å². The molecular weight excluding hydrogens is 286 g/mol. The lowest BCUT2D eigenvalue weighted by Gasteiger charge is -2.10. The molecule has 21 heavy (non-hydrogen) atoms. The summed E-state index contributed by atoms with van der Waals surface area (Å²) >= 11 is 5.41. The molecule has 0 bridgehead atoms. The number of rotatable bonds is 3. The molecule has 0 amide bonds. The quantitative estimate of drug-likeness (QED) is 0.753. The molecule has 1 aromatic carbocycles. The average Bonchev–Trinajstić information content (AvgIpc) is 2.81. The van der Waals surface area contributed by atoms with Crippen molar-refractivity contribution < 1.29 is 9.47 Å². The van der Waals surface area contributed by atoms with Crippen LogP contribution in [0, 0.1) is 11.7 Å². The van der Waals surface area contributed by atoms with Gasteiger partial charge in [-0.05, 0) is 42.9 Å². The van der Waals surface area contributed by atoms with Crippen LogP contribution in [0.3, 0.4) is 0 Å². The zero-order valence-corrected chi connectivity index (χ0v) is 12.8. The van der Waals surface area contributed by atoms with Crippen molar-refractivity contribution in [3.63, 3.8) is 0 Å². The van der Waals surface area contributed by atoms with E-state index in [2.05, 4.69) is 9.97 Å². The second-order valence-corrected chi connectivity index (χ2v) is 5.08. The Morgan fingerprint density at radius 2 is 1.90 bits per heavy atom. The first kappa shape index (κ1) is 13.6. The van der Waals surface area contributed by atoms with Crippen molar-refractivity contribution in [2.45, 2.75) is 6.92 Å². The number of aryl methyl sites for hydroxylation is 1. The maximum Gasteiger partial charge on any atom is 0.184 e. The summed E-state index contributed by atoms with van der Waals surface area (Å²) in [4.78, 5) is 7.64. The number of H-pyrrole nitrogens is 1. The Bertz CT molecular complexity index is 867. The molecule has 5 nitrogen and oxygen atoms in total. The molecule has 0 atom stereocenters. The van der Waals surface area contributed by atoms with Gasteiger partial charge < -0.3 is 14.5 Å². The SMILES string of the molecule is COc1ccc(-n2c(=S)[nH]c3cc(C)cnc32)cc1OC. The fourth-order valence-corrected chi connectivity index (χ4v) is 2.60. The van der Waals surface area contributed by atoms with Crippen LogP contribution in [0.25, 0.3) is 16.9 Å². The Balaban J connectivity index is 2.25. The summed E-state index contributed by atoms with van der Waals surface area (Å²) in [7, 11) is 3.22. The molecule has 0 saturated heterocycles. The number of aromatic amines is 1. The number of aromatic nitrogens is 3. The molecule has 1 N–H and O–H groups in total. The smallest absolute Gasteiger partial charge is 0.184 e. The van der Waals surface area contributed by atoms with E-state index in [0.717, 1.165) is 22.4 Å².